The van der Waals surface area contributed by atoms with Crippen molar-refractivity contribution in [1.82, 2.24) is 4.90 Å². The number of rotatable bonds is 6. The highest BCUT2D eigenvalue weighted by atomic mass is 19.1. The molecule has 0 unspecified atom stereocenters. The average Bonchev–Trinajstić information content (AvgIpc) is 2.42. The Balaban J connectivity index is 2.68. The van der Waals surface area contributed by atoms with E-state index < -0.39 is 0 Å². The second-order valence-electron chi connectivity index (χ2n) is 3.98. The quantitative estimate of drug-likeness (QED) is 0.797. The van der Waals surface area contributed by atoms with Gasteiger partial charge in [-0.25, -0.2) is 4.39 Å². The first-order valence-electron chi connectivity index (χ1n) is 6.45. The third-order valence-corrected chi connectivity index (χ3v) is 2.81. The first-order chi connectivity index (χ1) is 9.21. The van der Waals surface area contributed by atoms with Crippen LogP contribution in [0.1, 0.15) is 19.4 Å². The third kappa shape index (κ3) is 5.29. The van der Waals surface area contributed by atoms with Crippen molar-refractivity contribution in [3.63, 3.8) is 0 Å². The van der Waals surface area contributed by atoms with Crippen molar-refractivity contribution in [2.75, 3.05) is 32.8 Å². The van der Waals surface area contributed by atoms with Crippen LogP contribution >= 0.6 is 0 Å². The predicted molar refractivity (Wildman–Crippen MR) is 73.6 cm³/mol. The van der Waals surface area contributed by atoms with Crippen LogP contribution in [0.5, 0.6) is 5.75 Å². The molecular weight excluding hydrogens is 245 g/mol. The smallest absolute Gasteiger partial charge is 0.137 e. The van der Waals surface area contributed by atoms with Gasteiger partial charge in [-0.15, -0.1) is 0 Å². The Hall–Kier alpha value is -1.57. The van der Waals surface area contributed by atoms with Gasteiger partial charge in [0.2, 0.25) is 0 Å². The molecule has 0 aromatic heterocycles. The molecule has 0 saturated carbocycles. The number of hydrogen-bond donors (Lipinski definition) is 1. The molecule has 4 heteroatoms. The number of nitrogens with zero attached hydrogens (tertiary/aromatic N) is 1. The van der Waals surface area contributed by atoms with Crippen molar-refractivity contribution in [3.8, 4) is 17.6 Å². The summed E-state index contributed by atoms with van der Waals surface area (Å²) in [6.07, 6.45) is 0. The molecule has 1 rings (SSSR count). The summed E-state index contributed by atoms with van der Waals surface area (Å²) in [5.74, 6) is 5.36. The molecule has 0 heterocycles. The van der Waals surface area contributed by atoms with Gasteiger partial charge in [-0.05, 0) is 25.2 Å². The van der Waals surface area contributed by atoms with Crippen LogP contribution in [0.4, 0.5) is 4.39 Å². The summed E-state index contributed by atoms with van der Waals surface area (Å²) in [4.78, 5) is 2.22. The van der Waals surface area contributed by atoms with E-state index in [1.807, 2.05) is 0 Å². The van der Waals surface area contributed by atoms with Gasteiger partial charge >= 0.3 is 0 Å². The lowest BCUT2D eigenvalue weighted by atomic mass is 10.2. The highest BCUT2D eigenvalue weighted by Crippen LogP contribution is 2.19. The van der Waals surface area contributed by atoms with Gasteiger partial charge in [0.25, 0.3) is 0 Å². The molecule has 0 saturated heterocycles. The summed E-state index contributed by atoms with van der Waals surface area (Å²) in [7, 11) is 0. The molecule has 0 amide bonds. The topological polar surface area (TPSA) is 32.7 Å². The lowest BCUT2D eigenvalue weighted by Crippen LogP contribution is -2.28. The zero-order chi connectivity index (χ0) is 14.1. The molecule has 1 N–H and O–H groups in total. The van der Waals surface area contributed by atoms with Crippen molar-refractivity contribution in [3.05, 3.63) is 29.6 Å². The molecule has 0 atom stereocenters. The minimum atomic E-state index is -0.354. The normalized spacial score (nSPS) is 10.2. The molecule has 0 spiro atoms. The molecule has 0 radical (unpaired) electrons. The van der Waals surface area contributed by atoms with Crippen LogP contribution in [0, 0.1) is 17.7 Å². The molecule has 104 valence electrons. The van der Waals surface area contributed by atoms with E-state index in [4.69, 9.17) is 9.84 Å². The van der Waals surface area contributed by atoms with Gasteiger partial charge < -0.3 is 14.7 Å². The lowest BCUT2D eigenvalue weighted by Gasteiger charge is -2.18. The summed E-state index contributed by atoms with van der Waals surface area (Å²) in [5.41, 5.74) is 0.593. The average molecular weight is 265 g/mol. The molecule has 0 aliphatic heterocycles. The highest BCUT2D eigenvalue weighted by molar-refractivity contribution is 5.46. The molecule has 0 aliphatic carbocycles. The number of aliphatic hydroxyl groups is 1. The van der Waals surface area contributed by atoms with Gasteiger partial charge in [0.1, 0.15) is 24.8 Å². The number of likely N-dealkylation sites (N-methyl/N-ethyl adjacent to an activating group) is 1. The van der Waals surface area contributed by atoms with Crippen LogP contribution < -0.4 is 4.74 Å². The van der Waals surface area contributed by atoms with Gasteiger partial charge in [0.05, 0.1) is 5.56 Å². The number of ether oxygens (including phenoxy) is 1. The van der Waals surface area contributed by atoms with Crippen LogP contribution in [0.25, 0.3) is 0 Å². The fraction of sp³-hybridized carbons (Fsp3) is 0.467. The fourth-order valence-corrected chi connectivity index (χ4v) is 1.68. The maximum Gasteiger partial charge on any atom is 0.137 e. The monoisotopic (exact) mass is 265 g/mol. The first-order valence-corrected chi connectivity index (χ1v) is 6.45. The zero-order valence-electron chi connectivity index (χ0n) is 11.4. The lowest BCUT2D eigenvalue weighted by molar-refractivity contribution is 0.222. The largest absolute Gasteiger partial charge is 0.491 e. The standard InChI is InChI=1S/C15H20FNO2/c1-3-17(4-2)9-11-19-15-12-14(16)8-7-13(15)6-5-10-18/h7-8,12,18H,3-4,9-11H2,1-2H3. The summed E-state index contributed by atoms with van der Waals surface area (Å²) >= 11 is 0. The Kier molecular flexibility index (Phi) is 6.94. The van der Waals surface area contributed by atoms with Gasteiger partial charge in [-0.2, -0.15) is 0 Å². The maximum absolute atomic E-state index is 13.2. The molecule has 1 aromatic rings. The van der Waals surface area contributed by atoms with Gasteiger partial charge in [-0.3, -0.25) is 0 Å². The summed E-state index contributed by atoms with van der Waals surface area (Å²) in [6.45, 7) is 7.14. The van der Waals surface area contributed by atoms with Crippen LogP contribution in [-0.4, -0.2) is 42.9 Å². The van der Waals surface area contributed by atoms with Crippen LogP contribution in [0.2, 0.25) is 0 Å². The second-order valence-corrected chi connectivity index (χ2v) is 3.98. The Morgan fingerprint density at radius 3 is 2.68 bits per heavy atom. The summed E-state index contributed by atoms with van der Waals surface area (Å²) in [6, 6.07) is 4.22. The molecule has 0 aliphatic rings. The third-order valence-electron chi connectivity index (χ3n) is 2.81. The van der Waals surface area contributed by atoms with E-state index >= 15 is 0 Å². The van der Waals surface area contributed by atoms with E-state index in [1.54, 1.807) is 6.07 Å². The van der Waals surface area contributed by atoms with Crippen molar-refractivity contribution < 1.29 is 14.2 Å². The maximum atomic E-state index is 13.2. The van der Waals surface area contributed by atoms with Crippen molar-refractivity contribution >= 4 is 0 Å². The number of halogens is 1. The van der Waals surface area contributed by atoms with Crippen LogP contribution in [-0.2, 0) is 0 Å². The van der Waals surface area contributed by atoms with Gasteiger partial charge in [0.15, 0.2) is 0 Å². The molecule has 3 nitrogen and oxygen atoms in total. The molecular formula is C15H20FNO2. The van der Waals surface area contributed by atoms with E-state index in [-0.39, 0.29) is 12.4 Å². The summed E-state index contributed by atoms with van der Waals surface area (Å²) in [5, 5.41) is 8.69. The Labute approximate surface area is 114 Å². The van der Waals surface area contributed by atoms with E-state index in [0.717, 1.165) is 19.6 Å². The van der Waals surface area contributed by atoms with Crippen LogP contribution in [0.3, 0.4) is 0 Å². The SMILES string of the molecule is CCN(CC)CCOc1cc(F)ccc1C#CCO. The van der Waals surface area contributed by atoms with Gasteiger partial charge in [0, 0.05) is 12.6 Å². The minimum Gasteiger partial charge on any atom is -0.491 e. The van der Waals surface area contributed by atoms with E-state index in [1.165, 1.54) is 12.1 Å². The zero-order valence-corrected chi connectivity index (χ0v) is 11.4. The summed E-state index contributed by atoms with van der Waals surface area (Å²) < 4.78 is 18.8. The molecule has 0 bridgehead atoms. The molecule has 0 fully saturated rings. The van der Waals surface area contributed by atoms with E-state index in [2.05, 4.69) is 30.6 Å². The first kappa shape index (κ1) is 15.5. The van der Waals surface area contributed by atoms with Crippen LogP contribution in [0.15, 0.2) is 18.2 Å². The van der Waals surface area contributed by atoms with Crippen molar-refractivity contribution in [2.45, 2.75) is 13.8 Å². The second kappa shape index (κ2) is 8.52. The van der Waals surface area contributed by atoms with Crippen molar-refractivity contribution in [1.29, 1.82) is 0 Å². The highest BCUT2D eigenvalue weighted by Gasteiger charge is 2.05. The number of hydrogen-bond acceptors (Lipinski definition) is 3. The van der Waals surface area contributed by atoms with E-state index in [0.29, 0.717) is 17.9 Å². The Morgan fingerprint density at radius 1 is 1.32 bits per heavy atom. The number of aliphatic hydroxyl groups excluding tert-OH is 1. The Morgan fingerprint density at radius 2 is 2.05 bits per heavy atom. The Bertz CT molecular complexity index is 447. The minimum absolute atomic E-state index is 0.226. The molecule has 19 heavy (non-hydrogen) atoms. The number of benzene rings is 1. The fourth-order valence-electron chi connectivity index (χ4n) is 1.68. The van der Waals surface area contributed by atoms with E-state index in [9.17, 15) is 4.39 Å². The van der Waals surface area contributed by atoms with Crippen molar-refractivity contribution in [2.24, 2.45) is 0 Å². The molecule has 1 aromatic carbocycles. The van der Waals surface area contributed by atoms with Gasteiger partial charge in [-0.1, -0.05) is 25.7 Å². The predicted octanol–water partition coefficient (Wildman–Crippen LogP) is 1.89.